The van der Waals surface area contributed by atoms with Gasteiger partial charge in [0.25, 0.3) is 0 Å². The highest BCUT2D eigenvalue weighted by atomic mass is 15.1. The lowest BCUT2D eigenvalue weighted by Gasteiger charge is -2.12. The number of nitrogens with one attached hydrogen (secondary N) is 2. The Morgan fingerprint density at radius 1 is 0.885 bits per heavy atom. The molecule has 3 aromatic rings. The molecule has 0 unspecified atom stereocenters. The number of nitrogens with zero attached hydrogens (tertiary/aromatic N) is 3. The molecule has 2 heterocycles. The zero-order valence-corrected chi connectivity index (χ0v) is 15.7. The maximum atomic E-state index is 4.41. The average molecular weight is 347 g/mol. The molecule has 2 N–H and O–H groups in total. The van der Waals surface area contributed by atoms with E-state index in [1.807, 2.05) is 19.2 Å². The number of hydrogen-bond donors (Lipinski definition) is 2. The topological polar surface area (TPSA) is 62.7 Å². The number of hydrogen-bond acceptors (Lipinski definition) is 5. The van der Waals surface area contributed by atoms with E-state index in [9.17, 15) is 0 Å². The Morgan fingerprint density at radius 2 is 1.62 bits per heavy atom. The maximum Gasteiger partial charge on any atom is 0.227 e. The molecular formula is C21H25N5. The largest absolute Gasteiger partial charge is 0.353 e. The fourth-order valence-electron chi connectivity index (χ4n) is 2.81. The minimum absolute atomic E-state index is 0.585. The van der Waals surface area contributed by atoms with Crippen molar-refractivity contribution in [3.05, 3.63) is 65.7 Å². The first kappa shape index (κ1) is 17.9. The van der Waals surface area contributed by atoms with E-state index in [0.29, 0.717) is 11.9 Å². The van der Waals surface area contributed by atoms with Gasteiger partial charge in [-0.15, -0.1) is 0 Å². The highest BCUT2D eigenvalue weighted by Crippen LogP contribution is 2.22. The van der Waals surface area contributed by atoms with Crippen molar-refractivity contribution in [3.63, 3.8) is 0 Å². The van der Waals surface area contributed by atoms with Crippen LogP contribution in [-0.4, -0.2) is 15.0 Å². The fourth-order valence-corrected chi connectivity index (χ4v) is 2.81. The van der Waals surface area contributed by atoms with E-state index in [-0.39, 0.29) is 0 Å². The van der Waals surface area contributed by atoms with Gasteiger partial charge in [-0.2, -0.15) is 0 Å². The summed E-state index contributed by atoms with van der Waals surface area (Å²) >= 11 is 0. The predicted molar refractivity (Wildman–Crippen MR) is 107 cm³/mol. The number of aryl methyl sites for hydroxylation is 2. The molecule has 3 rings (SSSR count). The Labute approximate surface area is 154 Å². The number of rotatable bonds is 6. The Morgan fingerprint density at radius 3 is 2.27 bits per heavy atom. The predicted octanol–water partition coefficient (Wildman–Crippen LogP) is 5.17. The van der Waals surface area contributed by atoms with E-state index in [1.54, 1.807) is 18.6 Å². The van der Waals surface area contributed by atoms with Crippen LogP contribution in [0.15, 0.2) is 49.1 Å². The summed E-state index contributed by atoms with van der Waals surface area (Å²) in [6.45, 7) is 8.59. The fraction of sp³-hybridized carbons (Fsp3) is 0.286. The van der Waals surface area contributed by atoms with Crippen LogP contribution in [0.4, 0.5) is 23.0 Å². The standard InChI is InChI=1S/C21H25N5/c1-14(2)9-17-5-6-19(15(3)10-17)26-21-23-12-18(13-24-21)25-20-7-8-22-11-16(20)4/h5-8,10-14H,9H2,1-4H3,(H,22,25)(H,23,24,26). The summed E-state index contributed by atoms with van der Waals surface area (Å²) in [4.78, 5) is 12.9. The Bertz CT molecular complexity index is 872. The number of anilines is 4. The van der Waals surface area contributed by atoms with Crippen LogP contribution < -0.4 is 10.6 Å². The van der Waals surface area contributed by atoms with Gasteiger partial charge in [-0.3, -0.25) is 4.98 Å². The molecule has 0 saturated heterocycles. The van der Waals surface area contributed by atoms with E-state index in [1.165, 1.54) is 11.1 Å². The molecule has 134 valence electrons. The molecule has 0 fully saturated rings. The van der Waals surface area contributed by atoms with Gasteiger partial charge in [0.15, 0.2) is 0 Å². The molecular weight excluding hydrogens is 322 g/mol. The normalized spacial score (nSPS) is 10.8. The smallest absolute Gasteiger partial charge is 0.227 e. The van der Waals surface area contributed by atoms with Gasteiger partial charge < -0.3 is 10.6 Å². The molecule has 0 aliphatic carbocycles. The quantitative estimate of drug-likeness (QED) is 0.644. The lowest BCUT2D eigenvalue weighted by Crippen LogP contribution is -2.01. The van der Waals surface area contributed by atoms with Crippen LogP contribution >= 0.6 is 0 Å². The van der Waals surface area contributed by atoms with Crippen molar-refractivity contribution in [2.75, 3.05) is 10.6 Å². The van der Waals surface area contributed by atoms with Gasteiger partial charge in [0.05, 0.1) is 18.1 Å². The molecule has 2 aromatic heterocycles. The molecule has 1 aromatic carbocycles. The molecule has 0 aliphatic heterocycles. The van der Waals surface area contributed by atoms with Gasteiger partial charge in [0.1, 0.15) is 0 Å². The van der Waals surface area contributed by atoms with Crippen molar-refractivity contribution in [2.24, 2.45) is 5.92 Å². The number of pyridine rings is 1. The molecule has 5 heteroatoms. The summed E-state index contributed by atoms with van der Waals surface area (Å²) < 4.78 is 0. The van der Waals surface area contributed by atoms with Crippen LogP contribution in [0.1, 0.15) is 30.5 Å². The summed E-state index contributed by atoms with van der Waals surface area (Å²) in [6.07, 6.45) is 8.23. The maximum absolute atomic E-state index is 4.41. The third kappa shape index (κ3) is 4.57. The van der Waals surface area contributed by atoms with Gasteiger partial charge in [-0.25, -0.2) is 9.97 Å². The van der Waals surface area contributed by atoms with Crippen molar-refractivity contribution in [2.45, 2.75) is 34.1 Å². The van der Waals surface area contributed by atoms with Crippen molar-refractivity contribution in [1.29, 1.82) is 0 Å². The molecule has 0 atom stereocenters. The second-order valence-electron chi connectivity index (χ2n) is 6.98. The molecule has 0 spiro atoms. The van der Waals surface area contributed by atoms with Crippen LogP contribution in [0.5, 0.6) is 0 Å². The van der Waals surface area contributed by atoms with Crippen LogP contribution in [0, 0.1) is 19.8 Å². The summed E-state index contributed by atoms with van der Waals surface area (Å²) in [5.74, 6) is 1.24. The second kappa shape index (κ2) is 7.95. The van der Waals surface area contributed by atoms with E-state index in [4.69, 9.17) is 0 Å². The minimum atomic E-state index is 0.585. The monoisotopic (exact) mass is 347 g/mol. The van der Waals surface area contributed by atoms with Crippen molar-refractivity contribution >= 4 is 23.0 Å². The molecule has 5 nitrogen and oxygen atoms in total. The molecule has 0 aliphatic rings. The van der Waals surface area contributed by atoms with E-state index in [0.717, 1.165) is 29.0 Å². The summed E-state index contributed by atoms with van der Waals surface area (Å²) in [6, 6.07) is 8.43. The number of aromatic nitrogens is 3. The van der Waals surface area contributed by atoms with E-state index < -0.39 is 0 Å². The lowest BCUT2D eigenvalue weighted by molar-refractivity contribution is 0.647. The molecule has 0 amide bonds. The SMILES string of the molecule is Cc1cnccc1Nc1cnc(Nc2ccc(CC(C)C)cc2C)nc1. The summed E-state index contributed by atoms with van der Waals surface area (Å²) in [5.41, 5.74) is 6.50. The van der Waals surface area contributed by atoms with Gasteiger partial charge in [0.2, 0.25) is 5.95 Å². The van der Waals surface area contributed by atoms with Gasteiger partial charge >= 0.3 is 0 Å². The minimum Gasteiger partial charge on any atom is -0.353 e. The Hall–Kier alpha value is -2.95. The van der Waals surface area contributed by atoms with Crippen LogP contribution in [0.3, 0.4) is 0 Å². The van der Waals surface area contributed by atoms with E-state index in [2.05, 4.69) is 64.6 Å². The first-order valence-corrected chi connectivity index (χ1v) is 8.87. The first-order valence-electron chi connectivity index (χ1n) is 8.87. The highest BCUT2D eigenvalue weighted by Gasteiger charge is 2.05. The van der Waals surface area contributed by atoms with Crippen molar-refractivity contribution in [1.82, 2.24) is 15.0 Å². The van der Waals surface area contributed by atoms with E-state index >= 15 is 0 Å². The Balaban J connectivity index is 1.68. The summed E-state index contributed by atoms with van der Waals surface area (Å²) in [5, 5.41) is 6.60. The van der Waals surface area contributed by atoms with Crippen molar-refractivity contribution < 1.29 is 0 Å². The van der Waals surface area contributed by atoms with Crippen LogP contribution in [0.2, 0.25) is 0 Å². The van der Waals surface area contributed by atoms with Crippen molar-refractivity contribution in [3.8, 4) is 0 Å². The summed E-state index contributed by atoms with van der Waals surface area (Å²) in [7, 11) is 0. The van der Waals surface area contributed by atoms with Gasteiger partial charge in [-0.1, -0.05) is 26.0 Å². The van der Waals surface area contributed by atoms with Gasteiger partial charge in [-0.05, 0) is 55.0 Å². The van der Waals surface area contributed by atoms with Crippen LogP contribution in [-0.2, 0) is 6.42 Å². The van der Waals surface area contributed by atoms with Gasteiger partial charge in [0, 0.05) is 23.8 Å². The van der Waals surface area contributed by atoms with Crippen LogP contribution in [0.25, 0.3) is 0 Å². The highest BCUT2D eigenvalue weighted by molar-refractivity contribution is 5.63. The second-order valence-corrected chi connectivity index (χ2v) is 6.98. The average Bonchev–Trinajstić information content (AvgIpc) is 2.60. The third-order valence-corrected chi connectivity index (χ3v) is 4.13. The zero-order valence-electron chi connectivity index (χ0n) is 15.7. The molecule has 0 saturated carbocycles. The first-order chi connectivity index (χ1) is 12.5. The zero-order chi connectivity index (χ0) is 18.5. The molecule has 0 radical (unpaired) electrons. The third-order valence-electron chi connectivity index (χ3n) is 4.13. The number of benzene rings is 1. The molecule has 26 heavy (non-hydrogen) atoms. The molecule has 0 bridgehead atoms. The Kier molecular flexibility index (Phi) is 5.46. The lowest BCUT2D eigenvalue weighted by atomic mass is 10.0.